The molecule has 2 rings (SSSR count). The first kappa shape index (κ1) is 13.3. The van der Waals surface area contributed by atoms with Crippen molar-refractivity contribution in [1.82, 2.24) is 9.80 Å². The van der Waals surface area contributed by atoms with Crippen molar-refractivity contribution in [3.63, 3.8) is 0 Å². The molecule has 1 N–H and O–H groups in total. The van der Waals surface area contributed by atoms with Gasteiger partial charge in [-0.2, -0.15) is 11.8 Å². The molecule has 1 unspecified atom stereocenters. The van der Waals surface area contributed by atoms with Gasteiger partial charge < -0.3 is 14.9 Å². The van der Waals surface area contributed by atoms with Crippen LogP contribution in [-0.4, -0.2) is 63.6 Å². The van der Waals surface area contributed by atoms with Gasteiger partial charge in [-0.1, -0.05) is 6.08 Å². The lowest BCUT2D eigenvalue weighted by atomic mass is 10.3. The van der Waals surface area contributed by atoms with E-state index >= 15 is 0 Å². The molecule has 0 bridgehead atoms. The lowest BCUT2D eigenvalue weighted by molar-refractivity contribution is -0.141. The average Bonchev–Trinajstić information content (AvgIpc) is 3.19. The minimum absolute atomic E-state index is 0.148. The first-order valence-electron chi connectivity index (χ1n) is 6.14. The van der Waals surface area contributed by atoms with Crippen molar-refractivity contribution < 1.29 is 14.7 Å². The minimum atomic E-state index is -0.912. The SMILES string of the molecule is C=CCN(C(=O)N1CCSCC1C(=O)O)C1CC1. The van der Waals surface area contributed by atoms with Gasteiger partial charge in [0.15, 0.2) is 0 Å². The number of thioether (sulfide) groups is 1. The summed E-state index contributed by atoms with van der Waals surface area (Å²) in [6, 6.07) is -0.563. The molecule has 2 fully saturated rings. The molecule has 6 heteroatoms. The van der Waals surface area contributed by atoms with Crippen molar-refractivity contribution in [2.45, 2.75) is 24.9 Å². The summed E-state index contributed by atoms with van der Waals surface area (Å²) >= 11 is 1.59. The molecule has 0 aromatic carbocycles. The Kier molecular flexibility index (Phi) is 4.16. The molecule has 1 atom stereocenters. The summed E-state index contributed by atoms with van der Waals surface area (Å²) in [4.78, 5) is 26.9. The Bertz CT molecular complexity index is 357. The van der Waals surface area contributed by atoms with Crippen LogP contribution in [0.2, 0.25) is 0 Å². The fraction of sp³-hybridized carbons (Fsp3) is 0.667. The Morgan fingerprint density at radius 2 is 2.22 bits per heavy atom. The lowest BCUT2D eigenvalue weighted by Gasteiger charge is -2.36. The van der Waals surface area contributed by atoms with Crippen molar-refractivity contribution in [2.24, 2.45) is 0 Å². The molecule has 2 amide bonds. The standard InChI is InChI=1S/C12H18N2O3S/c1-2-5-13(9-3-4-9)12(17)14-6-7-18-8-10(14)11(15)16/h2,9-10H,1,3-8H2,(H,15,16). The first-order chi connectivity index (χ1) is 8.65. The van der Waals surface area contributed by atoms with E-state index in [-0.39, 0.29) is 12.1 Å². The third kappa shape index (κ3) is 2.80. The van der Waals surface area contributed by atoms with E-state index in [2.05, 4.69) is 6.58 Å². The highest BCUT2D eigenvalue weighted by Crippen LogP contribution is 2.29. The number of urea groups is 1. The van der Waals surface area contributed by atoms with Crippen molar-refractivity contribution in [3.8, 4) is 0 Å². The Balaban J connectivity index is 2.08. The van der Waals surface area contributed by atoms with Gasteiger partial charge in [0.25, 0.3) is 0 Å². The maximum absolute atomic E-state index is 12.4. The van der Waals surface area contributed by atoms with Gasteiger partial charge in [0, 0.05) is 30.6 Å². The molecule has 1 saturated heterocycles. The molecular formula is C12H18N2O3S. The molecule has 1 saturated carbocycles. The second-order valence-corrected chi connectivity index (χ2v) is 5.73. The van der Waals surface area contributed by atoms with E-state index in [1.807, 2.05) is 0 Å². The van der Waals surface area contributed by atoms with Crippen LogP contribution in [-0.2, 0) is 4.79 Å². The monoisotopic (exact) mass is 270 g/mol. The quantitative estimate of drug-likeness (QED) is 0.781. The van der Waals surface area contributed by atoms with Crippen LogP contribution < -0.4 is 0 Å². The van der Waals surface area contributed by atoms with Gasteiger partial charge in [-0.05, 0) is 12.8 Å². The third-order valence-electron chi connectivity index (χ3n) is 3.22. The highest BCUT2D eigenvalue weighted by atomic mass is 32.2. The van der Waals surface area contributed by atoms with E-state index in [1.165, 1.54) is 4.90 Å². The molecule has 0 aromatic rings. The van der Waals surface area contributed by atoms with Gasteiger partial charge in [0.2, 0.25) is 0 Å². The molecule has 1 heterocycles. The zero-order valence-electron chi connectivity index (χ0n) is 10.2. The van der Waals surface area contributed by atoms with E-state index in [0.29, 0.717) is 18.8 Å². The van der Waals surface area contributed by atoms with Gasteiger partial charge >= 0.3 is 12.0 Å². The molecule has 0 spiro atoms. The summed E-state index contributed by atoms with van der Waals surface area (Å²) in [7, 11) is 0. The fourth-order valence-electron chi connectivity index (χ4n) is 2.11. The number of rotatable bonds is 4. The summed E-state index contributed by atoms with van der Waals surface area (Å²) in [6.07, 6.45) is 3.73. The molecule has 0 radical (unpaired) electrons. The fourth-order valence-corrected chi connectivity index (χ4v) is 3.15. The smallest absolute Gasteiger partial charge is 0.327 e. The van der Waals surface area contributed by atoms with Gasteiger partial charge in [-0.15, -0.1) is 6.58 Å². The van der Waals surface area contributed by atoms with Crippen molar-refractivity contribution >= 4 is 23.8 Å². The van der Waals surface area contributed by atoms with E-state index in [0.717, 1.165) is 18.6 Å². The molecule has 2 aliphatic rings. The van der Waals surface area contributed by atoms with Crippen LogP contribution in [0.1, 0.15) is 12.8 Å². The van der Waals surface area contributed by atoms with Crippen LogP contribution in [0.3, 0.4) is 0 Å². The molecule has 18 heavy (non-hydrogen) atoms. The second kappa shape index (κ2) is 5.65. The number of hydrogen-bond donors (Lipinski definition) is 1. The number of carboxylic acid groups (broad SMARTS) is 1. The Hall–Kier alpha value is -1.17. The van der Waals surface area contributed by atoms with E-state index < -0.39 is 12.0 Å². The number of carboxylic acids is 1. The van der Waals surface area contributed by atoms with Gasteiger partial charge in [0.05, 0.1) is 0 Å². The topological polar surface area (TPSA) is 60.9 Å². The maximum Gasteiger partial charge on any atom is 0.327 e. The van der Waals surface area contributed by atoms with Gasteiger partial charge in [0.1, 0.15) is 6.04 Å². The molecule has 1 aliphatic carbocycles. The van der Waals surface area contributed by atoms with E-state index in [1.54, 1.807) is 22.7 Å². The minimum Gasteiger partial charge on any atom is -0.480 e. The van der Waals surface area contributed by atoms with Crippen LogP contribution in [0.25, 0.3) is 0 Å². The highest BCUT2D eigenvalue weighted by Gasteiger charge is 2.39. The van der Waals surface area contributed by atoms with Crippen LogP contribution in [0.15, 0.2) is 12.7 Å². The Labute approximate surface area is 111 Å². The number of hydrogen-bond acceptors (Lipinski definition) is 3. The van der Waals surface area contributed by atoms with Crippen molar-refractivity contribution in [2.75, 3.05) is 24.6 Å². The van der Waals surface area contributed by atoms with Gasteiger partial charge in [-0.3, -0.25) is 0 Å². The van der Waals surface area contributed by atoms with E-state index in [4.69, 9.17) is 0 Å². The number of aliphatic carboxylic acids is 1. The normalized spacial score (nSPS) is 23.6. The second-order valence-electron chi connectivity index (χ2n) is 4.58. The van der Waals surface area contributed by atoms with Crippen molar-refractivity contribution in [3.05, 3.63) is 12.7 Å². The number of nitrogens with zero attached hydrogens (tertiary/aromatic N) is 2. The van der Waals surface area contributed by atoms with Crippen LogP contribution in [0.5, 0.6) is 0 Å². The third-order valence-corrected chi connectivity index (χ3v) is 4.24. The van der Waals surface area contributed by atoms with Gasteiger partial charge in [-0.25, -0.2) is 9.59 Å². The summed E-state index contributed by atoms with van der Waals surface area (Å²) in [6.45, 7) is 4.67. The average molecular weight is 270 g/mol. The van der Waals surface area contributed by atoms with E-state index in [9.17, 15) is 14.7 Å². The largest absolute Gasteiger partial charge is 0.480 e. The summed E-state index contributed by atoms with van der Waals surface area (Å²) in [5.74, 6) is 0.375. The Morgan fingerprint density at radius 3 is 2.78 bits per heavy atom. The summed E-state index contributed by atoms with van der Waals surface area (Å²) < 4.78 is 0. The zero-order valence-corrected chi connectivity index (χ0v) is 11.1. The summed E-state index contributed by atoms with van der Waals surface area (Å²) in [5, 5.41) is 9.18. The lowest BCUT2D eigenvalue weighted by Crippen LogP contribution is -2.55. The summed E-state index contributed by atoms with van der Waals surface area (Å²) in [5.41, 5.74) is 0. The molecular weight excluding hydrogens is 252 g/mol. The predicted molar refractivity (Wildman–Crippen MR) is 70.8 cm³/mol. The highest BCUT2D eigenvalue weighted by molar-refractivity contribution is 7.99. The van der Waals surface area contributed by atoms with Crippen LogP contribution in [0, 0.1) is 0 Å². The molecule has 5 nitrogen and oxygen atoms in total. The zero-order chi connectivity index (χ0) is 13.1. The number of carbonyl (C=O) groups excluding carboxylic acids is 1. The number of carbonyl (C=O) groups is 2. The molecule has 100 valence electrons. The van der Waals surface area contributed by atoms with Crippen LogP contribution in [0.4, 0.5) is 4.79 Å². The molecule has 1 aliphatic heterocycles. The molecule has 0 aromatic heterocycles. The van der Waals surface area contributed by atoms with Crippen LogP contribution >= 0.6 is 11.8 Å². The Morgan fingerprint density at radius 1 is 1.50 bits per heavy atom. The van der Waals surface area contributed by atoms with Crippen molar-refractivity contribution in [1.29, 1.82) is 0 Å². The number of amides is 2. The predicted octanol–water partition coefficient (Wildman–Crippen LogP) is 1.26. The first-order valence-corrected chi connectivity index (χ1v) is 7.29. The maximum atomic E-state index is 12.4.